The third kappa shape index (κ3) is 7.34. The Balaban J connectivity index is 1.55. The first kappa shape index (κ1) is 34.9. The zero-order valence-electron chi connectivity index (χ0n) is 29.3. The Morgan fingerprint density at radius 1 is 0.694 bits per heavy atom. The normalized spacial score (nSPS) is 13.3. The first-order valence-electron chi connectivity index (χ1n) is 17.2. The minimum Gasteiger partial charge on any atom is -0.401 e. The summed E-state index contributed by atoms with van der Waals surface area (Å²) in [6, 6.07) is 55.7. The second-order valence-corrected chi connectivity index (χ2v) is 22.7. The van der Waals surface area contributed by atoms with Crippen LogP contribution in [0.4, 0.5) is 0 Å². The van der Waals surface area contributed by atoms with Crippen LogP contribution in [0.2, 0.25) is 5.04 Å². The molecule has 0 aliphatic carbocycles. The fourth-order valence-electron chi connectivity index (χ4n) is 7.25. The zero-order valence-corrected chi connectivity index (χ0v) is 32.0. The van der Waals surface area contributed by atoms with Crippen LogP contribution in [0.1, 0.15) is 44.8 Å². The minimum atomic E-state index is -2.87. The first-order chi connectivity index (χ1) is 23.7. The van der Waals surface area contributed by atoms with Gasteiger partial charge in [0.2, 0.25) is 0 Å². The summed E-state index contributed by atoms with van der Waals surface area (Å²) >= 11 is 1.70. The maximum absolute atomic E-state index is 7.98. The lowest BCUT2D eigenvalue weighted by atomic mass is 10.1. The summed E-state index contributed by atoms with van der Waals surface area (Å²) in [7, 11) is -4.95. The summed E-state index contributed by atoms with van der Waals surface area (Å²) in [6.07, 6.45) is 3.96. The van der Waals surface area contributed by atoms with E-state index in [0.717, 1.165) is 23.3 Å². The predicted molar refractivity (Wildman–Crippen MR) is 218 cm³/mol. The Labute approximate surface area is 299 Å². The Hall–Kier alpha value is -3.92. The summed E-state index contributed by atoms with van der Waals surface area (Å²) < 4.78 is 7.98. The molecule has 0 unspecified atom stereocenters. The third-order valence-electron chi connectivity index (χ3n) is 9.57. The van der Waals surface area contributed by atoms with Gasteiger partial charge < -0.3 is 4.43 Å². The molecule has 0 bridgehead atoms. The van der Waals surface area contributed by atoms with Crippen LogP contribution in [-0.2, 0) is 4.43 Å². The van der Waals surface area contributed by atoms with Gasteiger partial charge in [0, 0.05) is 11.8 Å². The molecular formula is C44H47NOPSSi+. The Morgan fingerprint density at radius 2 is 1.10 bits per heavy atom. The highest BCUT2D eigenvalue weighted by molar-refractivity contribution is 7.95. The number of hydrogen-bond donors (Lipinski definition) is 0. The molecule has 0 saturated carbocycles. The van der Waals surface area contributed by atoms with Crippen LogP contribution in [0.25, 0.3) is 6.08 Å². The molecule has 0 radical (unpaired) electrons. The molecule has 0 fully saturated rings. The number of benzene rings is 5. The van der Waals surface area contributed by atoms with E-state index in [1.54, 1.807) is 11.3 Å². The maximum Gasteiger partial charge on any atom is 0.261 e. The second-order valence-electron chi connectivity index (χ2n) is 13.8. The van der Waals surface area contributed by atoms with Gasteiger partial charge in [0.05, 0.1) is 23.0 Å². The number of aromatic nitrogens is 1. The molecule has 49 heavy (non-hydrogen) atoms. The molecule has 1 atom stereocenters. The van der Waals surface area contributed by atoms with Crippen molar-refractivity contribution >= 4 is 59.3 Å². The average molecular weight is 697 g/mol. The van der Waals surface area contributed by atoms with E-state index < -0.39 is 15.6 Å². The van der Waals surface area contributed by atoms with Crippen molar-refractivity contribution < 1.29 is 4.43 Å². The molecule has 5 aromatic carbocycles. The van der Waals surface area contributed by atoms with Crippen molar-refractivity contribution in [3.05, 3.63) is 173 Å². The first-order valence-corrected chi connectivity index (χ1v) is 21.9. The lowest BCUT2D eigenvalue weighted by molar-refractivity contribution is 0.219. The highest BCUT2D eigenvalue weighted by atomic mass is 32.1. The van der Waals surface area contributed by atoms with Gasteiger partial charge in [-0.25, -0.2) is 4.98 Å². The molecule has 0 aliphatic rings. The molecule has 5 heteroatoms. The fourth-order valence-corrected chi connectivity index (χ4v) is 16.9. The molecule has 6 rings (SSSR count). The lowest BCUT2D eigenvalue weighted by Crippen LogP contribution is -2.67. The van der Waals surface area contributed by atoms with Crippen LogP contribution in [0, 0.1) is 6.92 Å². The molecule has 2 nitrogen and oxygen atoms in total. The van der Waals surface area contributed by atoms with E-state index in [4.69, 9.17) is 9.41 Å². The van der Waals surface area contributed by atoms with Crippen molar-refractivity contribution in [2.24, 2.45) is 0 Å². The number of aryl methyl sites for hydroxylation is 1. The van der Waals surface area contributed by atoms with Gasteiger partial charge in [0.25, 0.3) is 8.32 Å². The van der Waals surface area contributed by atoms with Gasteiger partial charge in [-0.15, -0.1) is 11.3 Å². The van der Waals surface area contributed by atoms with Crippen LogP contribution >= 0.6 is 18.6 Å². The molecule has 1 aromatic heterocycles. The maximum atomic E-state index is 7.98. The van der Waals surface area contributed by atoms with Crippen molar-refractivity contribution in [1.82, 2.24) is 4.98 Å². The summed E-state index contributed by atoms with van der Waals surface area (Å²) in [5.41, 5.74) is 2.22. The zero-order chi connectivity index (χ0) is 34.3. The van der Waals surface area contributed by atoms with Gasteiger partial charge in [-0.1, -0.05) is 136 Å². The van der Waals surface area contributed by atoms with Crippen LogP contribution < -0.4 is 26.3 Å². The number of nitrogens with zero attached hydrogens (tertiary/aromatic N) is 1. The van der Waals surface area contributed by atoms with Crippen molar-refractivity contribution in [3.8, 4) is 0 Å². The van der Waals surface area contributed by atoms with Crippen molar-refractivity contribution in [1.29, 1.82) is 0 Å². The SMILES string of the molecule is CC(=Cc1csc(C)n1)[C@H](CC[P+](c1ccccc1)(c1ccccc1)c1ccccc1)O[Si](c1ccccc1)(c1ccccc1)C(C)(C)C. The van der Waals surface area contributed by atoms with Crippen LogP contribution in [0.15, 0.2) is 163 Å². The van der Waals surface area contributed by atoms with Gasteiger partial charge in [-0.2, -0.15) is 0 Å². The minimum absolute atomic E-state index is 0.135. The quantitative estimate of drug-likeness (QED) is 0.0941. The van der Waals surface area contributed by atoms with Crippen LogP contribution in [-0.4, -0.2) is 25.6 Å². The predicted octanol–water partition coefficient (Wildman–Crippen LogP) is 9.18. The molecule has 1 heterocycles. The molecule has 0 spiro atoms. The van der Waals surface area contributed by atoms with E-state index in [9.17, 15) is 0 Å². The highest BCUT2D eigenvalue weighted by Gasteiger charge is 2.52. The van der Waals surface area contributed by atoms with Gasteiger partial charge >= 0.3 is 0 Å². The standard InChI is InChI=1S/C44H47NOPSSi/c1-35(33-37-34-48-36(2)45-37)43(46-49(44(3,4)5,41-27-17-9-18-28-41)42-29-19-10-20-30-42)31-32-47(38-21-11-6-12-22-38,39-23-13-7-14-24-39)40-25-15-8-16-26-40/h6-30,33-34,43H,31-32H2,1-5H3/q+1/t43-/m0/s1. The third-order valence-corrected chi connectivity index (χ3v) is 19.9. The van der Waals surface area contributed by atoms with Crippen molar-refractivity contribution in [2.75, 3.05) is 6.16 Å². The summed E-state index contributed by atoms with van der Waals surface area (Å²) in [6.45, 7) is 11.4. The van der Waals surface area contributed by atoms with Crippen molar-refractivity contribution in [3.63, 3.8) is 0 Å². The summed E-state index contributed by atoms with van der Waals surface area (Å²) in [4.78, 5) is 4.85. The smallest absolute Gasteiger partial charge is 0.261 e. The Morgan fingerprint density at radius 3 is 1.47 bits per heavy atom. The highest BCUT2D eigenvalue weighted by Crippen LogP contribution is 2.56. The second kappa shape index (κ2) is 15.3. The molecule has 0 saturated heterocycles. The van der Waals surface area contributed by atoms with E-state index in [-0.39, 0.29) is 11.1 Å². The number of thiazole rings is 1. The molecular weight excluding hydrogens is 650 g/mol. The monoisotopic (exact) mass is 696 g/mol. The average Bonchev–Trinajstić information content (AvgIpc) is 3.55. The topological polar surface area (TPSA) is 22.1 Å². The van der Waals surface area contributed by atoms with Crippen LogP contribution in [0.3, 0.4) is 0 Å². The molecule has 248 valence electrons. The van der Waals surface area contributed by atoms with Gasteiger partial charge in [0.15, 0.2) is 0 Å². The van der Waals surface area contributed by atoms with Gasteiger partial charge in [0.1, 0.15) is 23.2 Å². The largest absolute Gasteiger partial charge is 0.401 e. The Bertz CT molecular complexity index is 1800. The molecule has 0 aliphatic heterocycles. The molecule has 6 aromatic rings. The molecule has 0 amide bonds. The lowest BCUT2D eigenvalue weighted by Gasteiger charge is -2.45. The van der Waals surface area contributed by atoms with Crippen LogP contribution in [0.5, 0.6) is 0 Å². The van der Waals surface area contributed by atoms with E-state index in [2.05, 4.69) is 198 Å². The molecule has 0 N–H and O–H groups in total. The van der Waals surface area contributed by atoms with E-state index >= 15 is 0 Å². The fraction of sp³-hybridized carbons (Fsp3) is 0.205. The summed E-state index contributed by atoms with van der Waals surface area (Å²) in [5.74, 6) is 0. The van der Waals surface area contributed by atoms with E-state index in [1.807, 2.05) is 0 Å². The van der Waals surface area contributed by atoms with Gasteiger partial charge in [-0.05, 0) is 77.3 Å². The van der Waals surface area contributed by atoms with E-state index in [1.165, 1.54) is 31.9 Å². The number of hydrogen-bond acceptors (Lipinski definition) is 3. The van der Waals surface area contributed by atoms with Crippen molar-refractivity contribution in [2.45, 2.75) is 52.2 Å². The number of rotatable bonds is 12. The summed E-state index contributed by atoms with van der Waals surface area (Å²) in [5, 5.41) is 9.88. The van der Waals surface area contributed by atoms with Gasteiger partial charge in [-0.3, -0.25) is 0 Å². The Kier molecular flexibility index (Phi) is 10.9. The van der Waals surface area contributed by atoms with E-state index in [0.29, 0.717) is 0 Å².